The van der Waals surface area contributed by atoms with Crippen LogP contribution in [0.3, 0.4) is 0 Å². The molecular weight excluding hydrogens is 332 g/mol. The minimum Gasteiger partial charge on any atom is -0.321 e. The molecule has 0 radical (unpaired) electrons. The van der Waals surface area contributed by atoms with E-state index in [-0.39, 0.29) is 11.8 Å². The van der Waals surface area contributed by atoms with Gasteiger partial charge in [0.15, 0.2) is 0 Å². The van der Waals surface area contributed by atoms with Crippen molar-refractivity contribution in [3.8, 4) is 11.3 Å². The van der Waals surface area contributed by atoms with Crippen molar-refractivity contribution in [2.45, 2.75) is 12.8 Å². The maximum atomic E-state index is 12.3. The van der Waals surface area contributed by atoms with Gasteiger partial charge in [-0.3, -0.25) is 14.0 Å². The summed E-state index contributed by atoms with van der Waals surface area (Å²) in [5, 5.41) is 8.03. The fourth-order valence-corrected chi connectivity index (χ4v) is 2.73. The molecule has 2 aromatic heterocycles. The molecule has 0 saturated heterocycles. The molecule has 0 saturated carbocycles. The number of fused-ring (bicyclic) bond motifs is 1. The highest BCUT2D eigenvalue weighted by atomic mass is 16.2. The van der Waals surface area contributed by atoms with E-state index in [2.05, 4.69) is 20.4 Å². The summed E-state index contributed by atoms with van der Waals surface area (Å²) in [4.78, 5) is 32.4. The van der Waals surface area contributed by atoms with Crippen molar-refractivity contribution in [1.82, 2.24) is 19.4 Å². The lowest BCUT2D eigenvalue weighted by Crippen LogP contribution is -2.34. The van der Waals surface area contributed by atoms with E-state index in [0.717, 1.165) is 11.3 Å². The Morgan fingerprint density at radius 3 is 2.73 bits per heavy atom. The van der Waals surface area contributed by atoms with Gasteiger partial charge in [-0.25, -0.2) is 15.0 Å². The second-order valence-corrected chi connectivity index (χ2v) is 5.95. The third kappa shape index (κ3) is 3.04. The first kappa shape index (κ1) is 15.9. The molecule has 0 aliphatic carbocycles. The summed E-state index contributed by atoms with van der Waals surface area (Å²) < 4.78 is 1.85. The quantitative estimate of drug-likeness (QED) is 0.783. The molecule has 2 amide bonds. The minimum absolute atomic E-state index is 0.0900. The van der Waals surface area contributed by atoms with Gasteiger partial charge >= 0.3 is 0 Å². The molecule has 0 unspecified atom stereocenters. The highest BCUT2D eigenvalue weighted by Gasteiger charge is 2.21. The second-order valence-electron chi connectivity index (χ2n) is 5.95. The standard InChI is InChI=1S/C18H16N6O2/c1-23-16(25)8-7-14(22-23)17(26)20-13-5-3-12(4-6-13)15-11-24-10-2-9-19-18(24)21-15/h2-6,9-11H,7-8H2,1H3,(H,20,26). The van der Waals surface area contributed by atoms with Crippen molar-refractivity contribution in [1.29, 1.82) is 0 Å². The number of anilines is 1. The molecule has 130 valence electrons. The summed E-state index contributed by atoms with van der Waals surface area (Å²) >= 11 is 0. The van der Waals surface area contributed by atoms with Crippen LogP contribution in [0.4, 0.5) is 5.69 Å². The van der Waals surface area contributed by atoms with E-state index in [0.29, 0.717) is 30.0 Å². The van der Waals surface area contributed by atoms with Crippen LogP contribution in [0.2, 0.25) is 0 Å². The third-order valence-corrected chi connectivity index (χ3v) is 4.14. The number of benzene rings is 1. The lowest BCUT2D eigenvalue weighted by Gasteiger charge is -2.18. The first-order valence-corrected chi connectivity index (χ1v) is 8.16. The van der Waals surface area contributed by atoms with Gasteiger partial charge in [0.25, 0.3) is 5.91 Å². The lowest BCUT2D eigenvalue weighted by molar-refractivity contribution is -0.130. The number of carbonyl (C=O) groups excluding carboxylic acids is 2. The monoisotopic (exact) mass is 348 g/mol. The number of amides is 2. The summed E-state index contributed by atoms with van der Waals surface area (Å²) in [5.41, 5.74) is 2.73. The van der Waals surface area contributed by atoms with Gasteiger partial charge in [0.2, 0.25) is 11.7 Å². The molecule has 8 nitrogen and oxygen atoms in total. The molecule has 1 aliphatic heterocycles. The van der Waals surface area contributed by atoms with Crippen LogP contribution < -0.4 is 5.32 Å². The zero-order chi connectivity index (χ0) is 18.1. The van der Waals surface area contributed by atoms with E-state index >= 15 is 0 Å². The van der Waals surface area contributed by atoms with Gasteiger partial charge in [0, 0.05) is 49.7 Å². The predicted molar refractivity (Wildman–Crippen MR) is 96.5 cm³/mol. The number of hydrazone groups is 1. The molecule has 1 aliphatic rings. The minimum atomic E-state index is -0.297. The van der Waals surface area contributed by atoms with Gasteiger partial charge < -0.3 is 5.32 Å². The van der Waals surface area contributed by atoms with Crippen molar-refractivity contribution >= 4 is 29.0 Å². The Labute approximate surface area is 149 Å². The van der Waals surface area contributed by atoms with E-state index in [4.69, 9.17) is 0 Å². The van der Waals surface area contributed by atoms with Crippen LogP contribution in [0.5, 0.6) is 0 Å². The Morgan fingerprint density at radius 2 is 2.00 bits per heavy atom. The molecule has 1 N–H and O–H groups in total. The highest BCUT2D eigenvalue weighted by Crippen LogP contribution is 2.21. The number of hydrogen-bond acceptors (Lipinski definition) is 5. The highest BCUT2D eigenvalue weighted by molar-refractivity contribution is 6.43. The largest absolute Gasteiger partial charge is 0.321 e. The van der Waals surface area contributed by atoms with Gasteiger partial charge in [-0.2, -0.15) is 5.10 Å². The molecule has 1 aromatic carbocycles. The van der Waals surface area contributed by atoms with E-state index < -0.39 is 0 Å². The molecule has 26 heavy (non-hydrogen) atoms. The SMILES string of the molecule is CN1N=C(C(=O)Nc2ccc(-c3cn4cccnc4n3)cc2)CCC1=O. The van der Waals surface area contributed by atoms with Crippen LogP contribution in [0.15, 0.2) is 54.0 Å². The van der Waals surface area contributed by atoms with Crippen molar-refractivity contribution < 1.29 is 9.59 Å². The molecular formula is C18H16N6O2. The smallest absolute Gasteiger partial charge is 0.271 e. The van der Waals surface area contributed by atoms with Crippen LogP contribution in [-0.2, 0) is 9.59 Å². The normalized spacial score (nSPS) is 14.4. The Hall–Kier alpha value is -3.55. The van der Waals surface area contributed by atoms with Crippen LogP contribution in [-0.4, -0.2) is 44.0 Å². The molecule has 3 heterocycles. The Morgan fingerprint density at radius 1 is 1.19 bits per heavy atom. The maximum absolute atomic E-state index is 12.3. The average Bonchev–Trinajstić information content (AvgIpc) is 3.08. The van der Waals surface area contributed by atoms with Gasteiger partial charge in [0.05, 0.1) is 5.69 Å². The molecule has 0 atom stereocenters. The number of nitrogens with one attached hydrogen (secondary N) is 1. The second kappa shape index (κ2) is 6.40. The summed E-state index contributed by atoms with van der Waals surface area (Å²) in [7, 11) is 1.55. The lowest BCUT2D eigenvalue weighted by atomic mass is 10.1. The third-order valence-electron chi connectivity index (χ3n) is 4.14. The zero-order valence-electron chi connectivity index (χ0n) is 14.1. The average molecular weight is 348 g/mol. The summed E-state index contributed by atoms with van der Waals surface area (Å²) in [5.74, 6) is 0.246. The number of nitrogens with zero attached hydrogens (tertiary/aromatic N) is 5. The van der Waals surface area contributed by atoms with E-state index in [1.807, 2.05) is 47.1 Å². The number of rotatable bonds is 3. The zero-order valence-corrected chi connectivity index (χ0v) is 14.1. The Kier molecular flexibility index (Phi) is 3.92. The summed E-state index contributed by atoms with van der Waals surface area (Å²) in [6.07, 6.45) is 6.13. The number of aromatic nitrogens is 3. The van der Waals surface area contributed by atoms with Crippen LogP contribution in [0.25, 0.3) is 17.0 Å². The molecule has 8 heteroatoms. The maximum Gasteiger partial charge on any atom is 0.271 e. The van der Waals surface area contributed by atoms with E-state index in [9.17, 15) is 9.59 Å². The van der Waals surface area contributed by atoms with Gasteiger partial charge in [-0.05, 0) is 18.2 Å². The predicted octanol–water partition coefficient (Wildman–Crippen LogP) is 1.94. The molecule has 4 rings (SSSR count). The number of hydrogen-bond donors (Lipinski definition) is 1. The topological polar surface area (TPSA) is 92.0 Å². The van der Waals surface area contributed by atoms with Gasteiger partial charge in [0.1, 0.15) is 5.71 Å². The van der Waals surface area contributed by atoms with E-state index in [1.54, 1.807) is 13.2 Å². The van der Waals surface area contributed by atoms with Crippen molar-refractivity contribution in [3.05, 3.63) is 48.9 Å². The Balaban J connectivity index is 1.50. The fourth-order valence-electron chi connectivity index (χ4n) is 2.73. The van der Waals surface area contributed by atoms with Crippen LogP contribution >= 0.6 is 0 Å². The molecule has 3 aromatic rings. The van der Waals surface area contributed by atoms with Crippen molar-refractivity contribution in [2.75, 3.05) is 12.4 Å². The number of carbonyl (C=O) groups is 2. The molecule has 0 spiro atoms. The van der Waals surface area contributed by atoms with Crippen LogP contribution in [0.1, 0.15) is 12.8 Å². The van der Waals surface area contributed by atoms with Gasteiger partial charge in [-0.15, -0.1) is 0 Å². The van der Waals surface area contributed by atoms with Gasteiger partial charge in [-0.1, -0.05) is 12.1 Å². The summed E-state index contributed by atoms with van der Waals surface area (Å²) in [6, 6.07) is 9.23. The molecule has 0 bridgehead atoms. The number of imidazole rings is 1. The Bertz CT molecular complexity index is 989. The van der Waals surface area contributed by atoms with E-state index in [1.165, 1.54) is 5.01 Å². The first-order valence-electron chi connectivity index (χ1n) is 8.16. The first-order chi connectivity index (χ1) is 12.6. The van der Waals surface area contributed by atoms with Crippen molar-refractivity contribution in [3.63, 3.8) is 0 Å². The fraction of sp³-hybridized carbons (Fsp3) is 0.167. The summed E-state index contributed by atoms with van der Waals surface area (Å²) in [6.45, 7) is 0. The van der Waals surface area contributed by atoms with Crippen LogP contribution in [0, 0.1) is 0 Å². The molecule has 0 fully saturated rings. The van der Waals surface area contributed by atoms with Crippen molar-refractivity contribution in [2.24, 2.45) is 5.10 Å².